The van der Waals surface area contributed by atoms with Gasteiger partial charge in [-0.3, -0.25) is 4.79 Å². The van der Waals surface area contributed by atoms with Gasteiger partial charge in [0, 0.05) is 0 Å². The molecule has 2 rings (SSSR count). The fourth-order valence-electron chi connectivity index (χ4n) is 2.45. The summed E-state index contributed by atoms with van der Waals surface area (Å²) in [5.41, 5.74) is 0.512. The van der Waals surface area contributed by atoms with Crippen molar-refractivity contribution in [3.05, 3.63) is 59.7 Å². The molecule has 2 aromatic rings. The van der Waals surface area contributed by atoms with Crippen molar-refractivity contribution in [2.75, 3.05) is 5.32 Å². The van der Waals surface area contributed by atoms with Gasteiger partial charge in [-0.2, -0.15) is 0 Å². The quantitative estimate of drug-likeness (QED) is 0.714. The number of hydrogen-bond donors (Lipinski definition) is 1. The summed E-state index contributed by atoms with van der Waals surface area (Å²) >= 11 is 0. The number of esters is 1. The number of nitrogens with one attached hydrogen (secondary N) is 1. The predicted molar refractivity (Wildman–Crippen MR) is 106 cm³/mol. The van der Waals surface area contributed by atoms with Crippen molar-refractivity contribution in [3.63, 3.8) is 0 Å². The number of anilines is 1. The van der Waals surface area contributed by atoms with Crippen molar-refractivity contribution in [2.45, 2.75) is 52.2 Å². The van der Waals surface area contributed by atoms with Crippen LogP contribution in [-0.2, 0) is 19.7 Å². The first kappa shape index (κ1) is 22.3. The molecule has 0 saturated carbocycles. The van der Waals surface area contributed by atoms with E-state index < -0.39 is 41.4 Å². The minimum absolute atomic E-state index is 0.0103. The Morgan fingerprint density at radius 3 is 2.00 bits per heavy atom. The van der Waals surface area contributed by atoms with Crippen molar-refractivity contribution in [2.24, 2.45) is 0 Å². The van der Waals surface area contributed by atoms with Crippen LogP contribution < -0.4 is 10.1 Å². The zero-order valence-corrected chi connectivity index (χ0v) is 17.1. The van der Waals surface area contributed by atoms with E-state index in [1.54, 1.807) is 12.1 Å². The van der Waals surface area contributed by atoms with Crippen molar-refractivity contribution in [3.8, 4) is 5.75 Å². The Balaban J connectivity index is 1.93. The molecule has 0 fully saturated rings. The average Bonchev–Trinajstić information content (AvgIpc) is 2.64. The van der Waals surface area contributed by atoms with Crippen molar-refractivity contribution >= 4 is 17.6 Å². The van der Waals surface area contributed by atoms with E-state index in [1.165, 1.54) is 19.9 Å². The number of carbonyl (C=O) groups is 2. The highest BCUT2D eigenvalue weighted by molar-refractivity contribution is 5.95. The van der Waals surface area contributed by atoms with Gasteiger partial charge in [0.2, 0.25) is 0 Å². The lowest BCUT2D eigenvalue weighted by Crippen LogP contribution is -2.35. The van der Waals surface area contributed by atoms with Crippen molar-refractivity contribution < 1.29 is 27.8 Å². The Hall–Kier alpha value is -2.96. The number of hydrogen-bond acceptors (Lipinski definition) is 4. The van der Waals surface area contributed by atoms with Gasteiger partial charge in [0.25, 0.3) is 5.91 Å². The van der Waals surface area contributed by atoms with Crippen LogP contribution in [0.1, 0.15) is 40.2 Å². The van der Waals surface area contributed by atoms with E-state index in [2.05, 4.69) is 26.1 Å². The molecule has 0 aliphatic heterocycles. The molecule has 2 aromatic carbocycles. The number of amides is 1. The van der Waals surface area contributed by atoms with E-state index in [4.69, 9.17) is 9.47 Å². The predicted octanol–water partition coefficient (Wildman–Crippen LogP) is 4.60. The van der Waals surface area contributed by atoms with Gasteiger partial charge in [-0.05, 0) is 49.1 Å². The number of benzene rings is 2. The molecule has 0 aliphatic carbocycles. The first-order valence-electron chi connectivity index (χ1n) is 9.21. The third-order valence-electron chi connectivity index (χ3n) is 4.24. The second kappa shape index (κ2) is 9.03. The van der Waals surface area contributed by atoms with Crippen LogP contribution in [0.25, 0.3) is 0 Å². The molecule has 7 heteroatoms. The van der Waals surface area contributed by atoms with Gasteiger partial charge in [0.05, 0.1) is 0 Å². The molecule has 0 saturated heterocycles. The number of ether oxygens (including phenoxy) is 2. The molecule has 156 valence electrons. The normalized spacial score (nSPS) is 13.3. The molecule has 0 unspecified atom stereocenters. The highest BCUT2D eigenvalue weighted by Gasteiger charge is 2.25. The fraction of sp³-hybridized carbons (Fsp3) is 0.364. The average molecular weight is 405 g/mol. The summed E-state index contributed by atoms with van der Waals surface area (Å²) in [6.45, 7) is 9.05. The Morgan fingerprint density at radius 2 is 1.48 bits per heavy atom. The molecule has 5 nitrogen and oxygen atoms in total. The van der Waals surface area contributed by atoms with E-state index >= 15 is 0 Å². The van der Waals surface area contributed by atoms with Crippen LogP contribution in [0.5, 0.6) is 5.75 Å². The van der Waals surface area contributed by atoms with Crippen LogP contribution in [0.15, 0.2) is 42.5 Å². The smallest absolute Gasteiger partial charge is 0.347 e. The Morgan fingerprint density at radius 1 is 0.931 bits per heavy atom. The Labute approximate surface area is 169 Å². The topological polar surface area (TPSA) is 64.6 Å². The van der Waals surface area contributed by atoms with Gasteiger partial charge in [0.15, 0.2) is 12.2 Å². The molecule has 0 bridgehead atoms. The van der Waals surface area contributed by atoms with Gasteiger partial charge in [0.1, 0.15) is 23.1 Å². The Kier molecular flexibility index (Phi) is 6.95. The van der Waals surface area contributed by atoms with Gasteiger partial charge < -0.3 is 14.8 Å². The maximum absolute atomic E-state index is 13.6. The monoisotopic (exact) mass is 405 g/mol. The minimum atomic E-state index is -1.27. The van der Waals surface area contributed by atoms with E-state index in [-0.39, 0.29) is 5.41 Å². The van der Waals surface area contributed by atoms with Crippen LogP contribution in [0, 0.1) is 11.6 Å². The molecule has 1 N–H and O–H groups in total. The molecule has 2 atom stereocenters. The first-order valence-corrected chi connectivity index (χ1v) is 9.21. The van der Waals surface area contributed by atoms with Crippen LogP contribution in [0.3, 0.4) is 0 Å². The van der Waals surface area contributed by atoms with Gasteiger partial charge in [-0.15, -0.1) is 0 Å². The highest BCUT2D eigenvalue weighted by Crippen LogP contribution is 2.25. The summed E-state index contributed by atoms with van der Waals surface area (Å²) in [6, 6.07) is 10.5. The molecule has 29 heavy (non-hydrogen) atoms. The number of halogens is 2. The number of rotatable bonds is 6. The number of carbonyl (C=O) groups excluding carboxylic acids is 2. The van der Waals surface area contributed by atoms with E-state index in [0.717, 1.165) is 17.7 Å². The molecule has 0 aromatic heterocycles. The Bertz CT molecular complexity index is 855. The molecule has 0 spiro atoms. The lowest BCUT2D eigenvalue weighted by atomic mass is 9.87. The maximum Gasteiger partial charge on any atom is 0.347 e. The molecular weight excluding hydrogens is 380 g/mol. The maximum atomic E-state index is 13.6. The summed E-state index contributed by atoms with van der Waals surface area (Å²) in [6.07, 6.45) is -2.24. The summed E-state index contributed by atoms with van der Waals surface area (Å²) in [7, 11) is 0. The third kappa shape index (κ3) is 6.01. The van der Waals surface area contributed by atoms with Crippen LogP contribution in [0.2, 0.25) is 0 Å². The van der Waals surface area contributed by atoms with E-state index in [0.29, 0.717) is 5.75 Å². The third-order valence-corrected chi connectivity index (χ3v) is 4.24. The van der Waals surface area contributed by atoms with Crippen molar-refractivity contribution in [1.82, 2.24) is 0 Å². The summed E-state index contributed by atoms with van der Waals surface area (Å²) in [5, 5.41) is 2.09. The van der Waals surface area contributed by atoms with Gasteiger partial charge >= 0.3 is 5.97 Å². The van der Waals surface area contributed by atoms with E-state index in [1.807, 2.05) is 12.1 Å². The lowest BCUT2D eigenvalue weighted by Gasteiger charge is -2.20. The van der Waals surface area contributed by atoms with Crippen LogP contribution in [-0.4, -0.2) is 24.1 Å². The lowest BCUT2D eigenvalue weighted by molar-refractivity contribution is -0.159. The first-order chi connectivity index (χ1) is 13.5. The summed E-state index contributed by atoms with van der Waals surface area (Å²) in [5.74, 6) is -3.00. The zero-order chi connectivity index (χ0) is 21.8. The molecule has 1 amide bonds. The summed E-state index contributed by atoms with van der Waals surface area (Å²) in [4.78, 5) is 24.3. The molecule has 0 heterocycles. The highest BCUT2D eigenvalue weighted by atomic mass is 19.1. The van der Waals surface area contributed by atoms with Crippen LogP contribution in [0.4, 0.5) is 14.5 Å². The largest absolute Gasteiger partial charge is 0.479 e. The van der Waals surface area contributed by atoms with E-state index in [9.17, 15) is 18.4 Å². The zero-order valence-electron chi connectivity index (χ0n) is 17.1. The standard InChI is InChI=1S/C22H25F2NO4/c1-13(20(26)25-19-17(23)7-6-8-18(19)24)29-21(27)14(2)28-16-11-9-15(10-12-16)22(3,4)5/h6-14H,1-5H3,(H,25,26)/t13-,14-/m0/s1. The van der Waals surface area contributed by atoms with Crippen molar-refractivity contribution in [1.29, 1.82) is 0 Å². The second-order valence-corrected chi connectivity index (χ2v) is 7.70. The second-order valence-electron chi connectivity index (χ2n) is 7.70. The minimum Gasteiger partial charge on any atom is -0.479 e. The molecule has 0 radical (unpaired) electrons. The van der Waals surface area contributed by atoms with Gasteiger partial charge in [-0.1, -0.05) is 39.0 Å². The fourth-order valence-corrected chi connectivity index (χ4v) is 2.45. The molecule has 0 aliphatic rings. The van der Waals surface area contributed by atoms with Crippen LogP contribution >= 0.6 is 0 Å². The SMILES string of the molecule is C[C@H](OC(=O)[C@H](C)Oc1ccc(C(C)(C)C)cc1)C(=O)Nc1c(F)cccc1F. The summed E-state index contributed by atoms with van der Waals surface area (Å²) < 4.78 is 37.9. The molecular formula is C22H25F2NO4. The van der Waals surface area contributed by atoms with Gasteiger partial charge in [-0.25, -0.2) is 13.6 Å². The number of para-hydroxylation sites is 1.